The van der Waals surface area contributed by atoms with Crippen LogP contribution in [0.15, 0.2) is 30.5 Å². The molecule has 2 atom stereocenters. The van der Waals surface area contributed by atoms with E-state index in [1.807, 2.05) is 24.3 Å². The molecule has 8 nitrogen and oxygen atoms in total. The highest BCUT2D eigenvalue weighted by Gasteiger charge is 2.28. The lowest BCUT2D eigenvalue weighted by atomic mass is 10.0. The molecular weight excluding hydrogens is 350 g/mol. The molecule has 4 N–H and O–H groups in total. The van der Waals surface area contributed by atoms with Gasteiger partial charge in [0.1, 0.15) is 6.04 Å². The molecule has 0 unspecified atom stereocenters. The maximum Gasteiger partial charge on any atom is 0.329 e. The summed E-state index contributed by atoms with van der Waals surface area (Å²) in [4.78, 5) is 39.3. The summed E-state index contributed by atoms with van der Waals surface area (Å²) in [5.74, 6) is -1.83. The summed E-state index contributed by atoms with van der Waals surface area (Å²) in [7, 11) is 0. The summed E-state index contributed by atoms with van der Waals surface area (Å²) >= 11 is 0. The van der Waals surface area contributed by atoms with Gasteiger partial charge in [0.2, 0.25) is 5.91 Å². The number of ether oxygens (including phenoxy) is 2. The van der Waals surface area contributed by atoms with Gasteiger partial charge in [0.05, 0.1) is 25.7 Å². The smallest absolute Gasteiger partial charge is 0.329 e. The molecule has 0 fully saturated rings. The van der Waals surface area contributed by atoms with Crippen molar-refractivity contribution in [1.82, 2.24) is 10.3 Å². The molecule has 2 aromatic rings. The summed E-state index contributed by atoms with van der Waals surface area (Å²) in [5.41, 5.74) is 7.86. The predicted octanol–water partition coefficient (Wildman–Crippen LogP) is 1.04. The summed E-state index contributed by atoms with van der Waals surface area (Å²) in [6, 6.07) is 5.67. The number of carbonyl (C=O) groups excluding carboxylic acids is 3. The Labute approximate surface area is 157 Å². The highest BCUT2D eigenvalue weighted by Crippen LogP contribution is 2.18. The molecule has 1 aromatic heterocycles. The Kier molecular flexibility index (Phi) is 7.36. The first kappa shape index (κ1) is 20.4. The zero-order chi connectivity index (χ0) is 19.8. The fourth-order valence-electron chi connectivity index (χ4n) is 2.73. The zero-order valence-corrected chi connectivity index (χ0v) is 15.5. The molecule has 8 heteroatoms. The third-order valence-electron chi connectivity index (χ3n) is 4.02. The standard InChI is InChI=1S/C19H25N3O5/c1-3-26-17(23)10-16(19(25)27-4-2)22-18(24)14(20)9-12-11-21-15-8-6-5-7-13(12)15/h5-8,11,14,16,21H,3-4,9-10,20H2,1-2H3,(H,22,24)/t14-,16-/m0/s1. The van der Waals surface area contributed by atoms with Crippen LogP contribution < -0.4 is 11.1 Å². The number of para-hydroxylation sites is 1. The van der Waals surface area contributed by atoms with Gasteiger partial charge < -0.3 is 25.5 Å². The molecule has 0 radical (unpaired) electrons. The van der Waals surface area contributed by atoms with E-state index in [1.54, 1.807) is 20.0 Å². The second kappa shape index (κ2) is 9.72. The third kappa shape index (κ3) is 5.55. The molecule has 1 aromatic carbocycles. The number of esters is 2. The third-order valence-corrected chi connectivity index (χ3v) is 4.02. The van der Waals surface area contributed by atoms with Crippen LogP contribution in [-0.2, 0) is 30.3 Å². The average molecular weight is 375 g/mol. The van der Waals surface area contributed by atoms with Gasteiger partial charge in [-0.05, 0) is 31.9 Å². The Bertz CT molecular complexity index is 801. The monoisotopic (exact) mass is 375 g/mol. The number of aromatic nitrogens is 1. The molecule has 1 heterocycles. The highest BCUT2D eigenvalue weighted by molar-refractivity contribution is 5.91. The normalized spacial score (nSPS) is 13.0. The molecule has 0 aliphatic rings. The van der Waals surface area contributed by atoms with E-state index in [0.29, 0.717) is 0 Å². The number of amides is 1. The van der Waals surface area contributed by atoms with Gasteiger partial charge in [-0.15, -0.1) is 0 Å². The van der Waals surface area contributed by atoms with Gasteiger partial charge in [-0.25, -0.2) is 4.79 Å². The average Bonchev–Trinajstić information content (AvgIpc) is 3.04. The maximum absolute atomic E-state index is 12.5. The van der Waals surface area contributed by atoms with Crippen LogP contribution in [0.3, 0.4) is 0 Å². The minimum atomic E-state index is -1.13. The van der Waals surface area contributed by atoms with Gasteiger partial charge in [-0.2, -0.15) is 0 Å². The molecule has 27 heavy (non-hydrogen) atoms. The fourth-order valence-corrected chi connectivity index (χ4v) is 2.73. The maximum atomic E-state index is 12.5. The SMILES string of the molecule is CCOC(=O)C[C@H](NC(=O)[C@@H](N)Cc1c[nH]c2ccccc12)C(=O)OCC. The van der Waals surface area contributed by atoms with E-state index in [9.17, 15) is 14.4 Å². The van der Waals surface area contributed by atoms with E-state index in [-0.39, 0.29) is 26.1 Å². The lowest BCUT2D eigenvalue weighted by molar-refractivity contribution is -0.153. The van der Waals surface area contributed by atoms with Crippen LogP contribution in [0, 0.1) is 0 Å². The molecule has 0 saturated carbocycles. The van der Waals surface area contributed by atoms with E-state index >= 15 is 0 Å². The van der Waals surface area contributed by atoms with Crippen LogP contribution in [0.1, 0.15) is 25.8 Å². The number of benzene rings is 1. The lowest BCUT2D eigenvalue weighted by Gasteiger charge is -2.19. The molecule has 0 spiro atoms. The Hall–Kier alpha value is -2.87. The number of aromatic amines is 1. The molecule has 0 saturated heterocycles. The molecule has 0 bridgehead atoms. The van der Waals surface area contributed by atoms with Crippen molar-refractivity contribution < 1.29 is 23.9 Å². The van der Waals surface area contributed by atoms with Crippen molar-refractivity contribution in [3.05, 3.63) is 36.0 Å². The Morgan fingerprint density at radius 1 is 1.15 bits per heavy atom. The van der Waals surface area contributed by atoms with E-state index < -0.39 is 29.9 Å². The topological polar surface area (TPSA) is 124 Å². The van der Waals surface area contributed by atoms with Crippen molar-refractivity contribution in [3.63, 3.8) is 0 Å². The van der Waals surface area contributed by atoms with Crippen LogP contribution in [0.4, 0.5) is 0 Å². The first-order chi connectivity index (χ1) is 13.0. The van der Waals surface area contributed by atoms with Crippen LogP contribution in [0.2, 0.25) is 0 Å². The van der Waals surface area contributed by atoms with Crippen LogP contribution in [0.5, 0.6) is 0 Å². The van der Waals surface area contributed by atoms with Gasteiger partial charge >= 0.3 is 11.9 Å². The second-order valence-corrected chi connectivity index (χ2v) is 5.99. The number of nitrogens with two attached hydrogens (primary N) is 1. The molecule has 1 amide bonds. The van der Waals surface area contributed by atoms with Gasteiger partial charge in [0.15, 0.2) is 0 Å². The number of hydrogen-bond donors (Lipinski definition) is 3. The number of rotatable bonds is 9. The molecule has 146 valence electrons. The Balaban J connectivity index is 2.03. The number of carbonyl (C=O) groups is 3. The first-order valence-electron chi connectivity index (χ1n) is 8.89. The number of H-pyrrole nitrogens is 1. The van der Waals surface area contributed by atoms with E-state index in [0.717, 1.165) is 16.5 Å². The van der Waals surface area contributed by atoms with Gasteiger partial charge in [0, 0.05) is 17.1 Å². The van der Waals surface area contributed by atoms with Crippen molar-refractivity contribution >= 4 is 28.7 Å². The highest BCUT2D eigenvalue weighted by atomic mass is 16.5. The van der Waals surface area contributed by atoms with Crippen molar-refractivity contribution in [2.45, 2.75) is 38.8 Å². The lowest BCUT2D eigenvalue weighted by Crippen LogP contribution is -2.50. The van der Waals surface area contributed by atoms with Crippen molar-refractivity contribution in [1.29, 1.82) is 0 Å². The van der Waals surface area contributed by atoms with Crippen LogP contribution in [0.25, 0.3) is 10.9 Å². The molecular formula is C19H25N3O5. The summed E-state index contributed by atoms with van der Waals surface area (Å²) in [6.07, 6.45) is 1.78. The number of fused-ring (bicyclic) bond motifs is 1. The molecule has 0 aliphatic carbocycles. The summed E-state index contributed by atoms with van der Waals surface area (Å²) < 4.78 is 9.76. The molecule has 0 aliphatic heterocycles. The minimum absolute atomic E-state index is 0.134. The number of nitrogens with one attached hydrogen (secondary N) is 2. The van der Waals surface area contributed by atoms with Crippen molar-refractivity contribution in [2.75, 3.05) is 13.2 Å². The minimum Gasteiger partial charge on any atom is -0.466 e. The van der Waals surface area contributed by atoms with Crippen molar-refractivity contribution in [2.24, 2.45) is 5.73 Å². The Morgan fingerprint density at radius 2 is 1.85 bits per heavy atom. The number of hydrogen-bond acceptors (Lipinski definition) is 6. The molecule has 2 rings (SSSR count). The first-order valence-corrected chi connectivity index (χ1v) is 8.89. The van der Waals surface area contributed by atoms with E-state index in [4.69, 9.17) is 15.2 Å². The predicted molar refractivity (Wildman–Crippen MR) is 99.8 cm³/mol. The fraction of sp³-hybridized carbons (Fsp3) is 0.421. The van der Waals surface area contributed by atoms with E-state index in [2.05, 4.69) is 10.3 Å². The van der Waals surface area contributed by atoms with Gasteiger partial charge in [0.25, 0.3) is 0 Å². The summed E-state index contributed by atoms with van der Waals surface area (Å²) in [5, 5.41) is 3.48. The van der Waals surface area contributed by atoms with Crippen LogP contribution >= 0.6 is 0 Å². The summed E-state index contributed by atoms with van der Waals surface area (Å²) in [6.45, 7) is 3.62. The second-order valence-electron chi connectivity index (χ2n) is 5.99. The quantitative estimate of drug-likeness (QED) is 0.563. The Morgan fingerprint density at radius 3 is 2.56 bits per heavy atom. The van der Waals surface area contributed by atoms with Gasteiger partial charge in [-0.1, -0.05) is 18.2 Å². The van der Waals surface area contributed by atoms with E-state index in [1.165, 1.54) is 0 Å². The van der Waals surface area contributed by atoms with Gasteiger partial charge in [-0.3, -0.25) is 9.59 Å². The largest absolute Gasteiger partial charge is 0.466 e. The van der Waals surface area contributed by atoms with Crippen LogP contribution in [-0.4, -0.2) is 48.1 Å². The zero-order valence-electron chi connectivity index (χ0n) is 15.5. The van der Waals surface area contributed by atoms with Crippen molar-refractivity contribution in [3.8, 4) is 0 Å².